The monoisotopic (exact) mass is 294 g/mol. The van der Waals surface area contributed by atoms with Crippen LogP contribution in [0.4, 0.5) is 11.4 Å². The van der Waals surface area contributed by atoms with Crippen LogP contribution >= 0.6 is 0 Å². The van der Waals surface area contributed by atoms with Gasteiger partial charge in [0.2, 0.25) is 0 Å². The van der Waals surface area contributed by atoms with Crippen LogP contribution < -0.4 is 9.80 Å². The Balaban J connectivity index is 1.62. The summed E-state index contributed by atoms with van der Waals surface area (Å²) in [5.41, 5.74) is 5.41. The lowest BCUT2D eigenvalue weighted by atomic mass is 10.1. The second kappa shape index (κ2) is 6.87. The zero-order valence-electron chi connectivity index (χ0n) is 13.8. The summed E-state index contributed by atoms with van der Waals surface area (Å²) >= 11 is 0. The number of benzene rings is 2. The van der Waals surface area contributed by atoms with Crippen LogP contribution in [-0.4, -0.2) is 26.2 Å². The molecule has 0 bridgehead atoms. The van der Waals surface area contributed by atoms with Gasteiger partial charge in [-0.3, -0.25) is 0 Å². The summed E-state index contributed by atoms with van der Waals surface area (Å²) in [6.07, 6.45) is 2.42. The lowest BCUT2D eigenvalue weighted by Crippen LogP contribution is -2.36. The summed E-state index contributed by atoms with van der Waals surface area (Å²) in [4.78, 5) is 5.07. The molecule has 116 valence electrons. The number of aryl methyl sites for hydroxylation is 2. The average molecular weight is 294 g/mol. The van der Waals surface area contributed by atoms with E-state index in [4.69, 9.17) is 0 Å². The van der Waals surface area contributed by atoms with E-state index in [2.05, 4.69) is 72.2 Å². The number of rotatable bonds is 2. The summed E-state index contributed by atoms with van der Waals surface area (Å²) < 4.78 is 0. The van der Waals surface area contributed by atoms with Gasteiger partial charge in [0.25, 0.3) is 0 Å². The van der Waals surface area contributed by atoms with Crippen molar-refractivity contribution in [3.8, 4) is 0 Å². The van der Waals surface area contributed by atoms with Crippen LogP contribution in [0.3, 0.4) is 0 Å². The summed E-state index contributed by atoms with van der Waals surface area (Å²) in [6.45, 7) is 8.88. The molecule has 0 saturated carbocycles. The van der Waals surface area contributed by atoms with Crippen molar-refractivity contribution in [3.63, 3.8) is 0 Å². The second-order valence-electron chi connectivity index (χ2n) is 6.35. The molecule has 1 aliphatic rings. The third-order valence-electron chi connectivity index (χ3n) is 4.51. The van der Waals surface area contributed by atoms with Gasteiger partial charge in [0.1, 0.15) is 0 Å². The SMILES string of the molecule is Cc1ccc(N2CCCN(c3ccc(C)cc3)CCC2)cc1. The fourth-order valence-corrected chi connectivity index (χ4v) is 3.16. The molecule has 2 aromatic carbocycles. The molecule has 1 heterocycles. The third kappa shape index (κ3) is 3.62. The van der Waals surface area contributed by atoms with Gasteiger partial charge >= 0.3 is 0 Å². The molecule has 0 atom stereocenters. The van der Waals surface area contributed by atoms with E-state index in [1.807, 2.05) is 0 Å². The largest absolute Gasteiger partial charge is 0.371 e. The molecular formula is C20H26N2. The highest BCUT2D eigenvalue weighted by molar-refractivity contribution is 5.49. The molecule has 22 heavy (non-hydrogen) atoms. The highest BCUT2D eigenvalue weighted by Crippen LogP contribution is 2.20. The Morgan fingerprint density at radius 3 is 1.18 bits per heavy atom. The van der Waals surface area contributed by atoms with Gasteiger partial charge in [0.05, 0.1) is 0 Å². The Labute approximate surface area is 134 Å². The van der Waals surface area contributed by atoms with E-state index in [9.17, 15) is 0 Å². The minimum absolute atomic E-state index is 1.14. The van der Waals surface area contributed by atoms with Crippen molar-refractivity contribution >= 4 is 11.4 Å². The quantitative estimate of drug-likeness (QED) is 0.809. The van der Waals surface area contributed by atoms with Crippen LogP contribution in [0.1, 0.15) is 24.0 Å². The fraction of sp³-hybridized carbons (Fsp3) is 0.400. The van der Waals surface area contributed by atoms with Crippen molar-refractivity contribution < 1.29 is 0 Å². The number of anilines is 2. The molecule has 1 fully saturated rings. The Bertz CT molecular complexity index is 523. The van der Waals surface area contributed by atoms with Crippen molar-refractivity contribution in [2.45, 2.75) is 26.7 Å². The number of hydrogen-bond acceptors (Lipinski definition) is 2. The van der Waals surface area contributed by atoms with E-state index in [0.717, 1.165) is 26.2 Å². The minimum atomic E-state index is 1.14. The highest BCUT2D eigenvalue weighted by Gasteiger charge is 2.13. The zero-order valence-corrected chi connectivity index (χ0v) is 13.8. The van der Waals surface area contributed by atoms with Crippen molar-refractivity contribution in [2.75, 3.05) is 36.0 Å². The molecule has 2 aromatic rings. The van der Waals surface area contributed by atoms with Gasteiger partial charge in [-0.25, -0.2) is 0 Å². The highest BCUT2D eigenvalue weighted by atomic mass is 15.2. The zero-order chi connectivity index (χ0) is 15.4. The van der Waals surface area contributed by atoms with Crippen LogP contribution in [-0.2, 0) is 0 Å². The number of hydrogen-bond donors (Lipinski definition) is 0. The van der Waals surface area contributed by atoms with Crippen LogP contribution in [0.5, 0.6) is 0 Å². The molecule has 1 aliphatic heterocycles. The van der Waals surface area contributed by atoms with E-state index < -0.39 is 0 Å². The standard InChI is InChI=1S/C20H26N2/c1-17-5-9-19(10-6-17)21-13-3-15-22(16-4-14-21)20-11-7-18(2)8-12-20/h5-12H,3-4,13-16H2,1-2H3. The Hall–Kier alpha value is -1.96. The van der Waals surface area contributed by atoms with E-state index in [-0.39, 0.29) is 0 Å². The molecule has 3 rings (SSSR count). The molecule has 2 nitrogen and oxygen atoms in total. The van der Waals surface area contributed by atoms with Crippen LogP contribution in [0, 0.1) is 13.8 Å². The molecule has 0 aliphatic carbocycles. The lowest BCUT2D eigenvalue weighted by molar-refractivity contribution is 0.618. The first kappa shape index (κ1) is 15.0. The maximum atomic E-state index is 2.53. The molecule has 2 heteroatoms. The summed E-state index contributed by atoms with van der Waals surface area (Å²) in [5, 5.41) is 0. The average Bonchev–Trinajstić information content (AvgIpc) is 2.50. The Kier molecular flexibility index (Phi) is 4.67. The first-order valence-electron chi connectivity index (χ1n) is 8.35. The van der Waals surface area contributed by atoms with Gasteiger partial charge in [0.15, 0.2) is 0 Å². The fourth-order valence-electron chi connectivity index (χ4n) is 3.16. The minimum Gasteiger partial charge on any atom is -0.371 e. The molecule has 0 unspecified atom stereocenters. The molecule has 0 radical (unpaired) electrons. The van der Waals surface area contributed by atoms with Crippen LogP contribution in [0.2, 0.25) is 0 Å². The lowest BCUT2D eigenvalue weighted by Gasteiger charge is -2.33. The van der Waals surface area contributed by atoms with E-state index >= 15 is 0 Å². The summed E-state index contributed by atoms with van der Waals surface area (Å²) in [7, 11) is 0. The van der Waals surface area contributed by atoms with Crippen molar-refractivity contribution in [3.05, 3.63) is 59.7 Å². The normalized spacial score (nSPS) is 16.3. The molecule has 0 aromatic heterocycles. The van der Waals surface area contributed by atoms with Crippen LogP contribution in [0.15, 0.2) is 48.5 Å². The third-order valence-corrected chi connectivity index (χ3v) is 4.51. The Morgan fingerprint density at radius 1 is 0.545 bits per heavy atom. The molecule has 0 spiro atoms. The molecule has 1 saturated heterocycles. The number of nitrogens with zero attached hydrogens (tertiary/aromatic N) is 2. The van der Waals surface area contributed by atoms with Crippen molar-refractivity contribution in [1.29, 1.82) is 0 Å². The molecule has 0 amide bonds. The van der Waals surface area contributed by atoms with E-state index in [1.165, 1.54) is 35.3 Å². The summed E-state index contributed by atoms with van der Waals surface area (Å²) in [6, 6.07) is 17.9. The Morgan fingerprint density at radius 2 is 0.864 bits per heavy atom. The van der Waals surface area contributed by atoms with Gasteiger partial charge in [0, 0.05) is 37.6 Å². The smallest absolute Gasteiger partial charge is 0.0366 e. The topological polar surface area (TPSA) is 6.48 Å². The van der Waals surface area contributed by atoms with Crippen molar-refractivity contribution in [2.24, 2.45) is 0 Å². The van der Waals surface area contributed by atoms with Crippen LogP contribution in [0.25, 0.3) is 0 Å². The molecule has 0 N–H and O–H groups in total. The van der Waals surface area contributed by atoms with E-state index in [1.54, 1.807) is 0 Å². The van der Waals surface area contributed by atoms with Gasteiger partial charge in [-0.1, -0.05) is 35.4 Å². The first-order valence-corrected chi connectivity index (χ1v) is 8.35. The van der Waals surface area contributed by atoms with E-state index in [0.29, 0.717) is 0 Å². The molecular weight excluding hydrogens is 268 g/mol. The predicted octanol–water partition coefficient (Wildman–Crippen LogP) is 4.41. The van der Waals surface area contributed by atoms with Gasteiger partial charge in [-0.15, -0.1) is 0 Å². The second-order valence-corrected chi connectivity index (χ2v) is 6.35. The first-order chi connectivity index (χ1) is 10.7. The predicted molar refractivity (Wildman–Crippen MR) is 96.0 cm³/mol. The maximum absolute atomic E-state index is 2.53. The van der Waals surface area contributed by atoms with Gasteiger partial charge in [-0.2, -0.15) is 0 Å². The van der Waals surface area contributed by atoms with Gasteiger partial charge in [-0.05, 0) is 51.0 Å². The van der Waals surface area contributed by atoms with Crippen molar-refractivity contribution in [1.82, 2.24) is 0 Å². The summed E-state index contributed by atoms with van der Waals surface area (Å²) in [5.74, 6) is 0. The van der Waals surface area contributed by atoms with Gasteiger partial charge < -0.3 is 9.80 Å². The maximum Gasteiger partial charge on any atom is 0.0366 e.